The van der Waals surface area contributed by atoms with Gasteiger partial charge in [0, 0.05) is 31.2 Å². The van der Waals surface area contributed by atoms with Gasteiger partial charge in [0.05, 0.1) is 0 Å². The Morgan fingerprint density at radius 2 is 1.96 bits per heavy atom. The lowest BCUT2D eigenvalue weighted by Crippen LogP contribution is -2.57. The molecule has 1 aromatic heterocycles. The van der Waals surface area contributed by atoms with Crippen LogP contribution in [0, 0.1) is 0 Å². The average Bonchev–Trinajstić information content (AvgIpc) is 2.99. The number of ether oxygens (including phenoxy) is 1. The lowest BCUT2D eigenvalue weighted by atomic mass is 10.1. The minimum Gasteiger partial charge on any atom is -0.426 e. The number of nitrogens with one attached hydrogen (secondary N) is 1. The van der Waals surface area contributed by atoms with Gasteiger partial charge in [-0.2, -0.15) is 0 Å². The quantitative estimate of drug-likeness (QED) is 0.934. The maximum absolute atomic E-state index is 12.6. The molecule has 5 nitrogen and oxygen atoms in total. The highest BCUT2D eigenvalue weighted by Gasteiger charge is 2.30. The van der Waals surface area contributed by atoms with Crippen molar-refractivity contribution in [2.24, 2.45) is 0 Å². The van der Waals surface area contributed by atoms with Crippen molar-refractivity contribution in [3.8, 4) is 11.7 Å². The standard InChI is InChI=1S/C17H20N2O3.ClH/c1-12-13(2)19(11-10-18-12)17(20)15-8-9-16(22-15)21-14-6-4-3-5-7-14;/h3-9,12-13,18H,10-11H2,1-2H3;1H. The van der Waals surface area contributed by atoms with E-state index in [9.17, 15) is 4.79 Å². The van der Waals surface area contributed by atoms with E-state index in [-0.39, 0.29) is 30.4 Å². The van der Waals surface area contributed by atoms with E-state index in [1.54, 1.807) is 12.1 Å². The number of rotatable bonds is 3. The molecule has 0 aliphatic carbocycles. The molecule has 0 saturated carbocycles. The average molecular weight is 337 g/mol. The molecule has 1 aromatic carbocycles. The third kappa shape index (κ3) is 3.86. The summed E-state index contributed by atoms with van der Waals surface area (Å²) < 4.78 is 11.1. The van der Waals surface area contributed by atoms with Crippen molar-refractivity contribution in [3.63, 3.8) is 0 Å². The Morgan fingerprint density at radius 1 is 1.22 bits per heavy atom. The maximum Gasteiger partial charge on any atom is 0.290 e. The van der Waals surface area contributed by atoms with Crippen molar-refractivity contribution < 1.29 is 13.9 Å². The maximum atomic E-state index is 12.6. The minimum absolute atomic E-state index is 0. The van der Waals surface area contributed by atoms with Crippen LogP contribution in [0.4, 0.5) is 0 Å². The van der Waals surface area contributed by atoms with Crippen LogP contribution < -0.4 is 10.1 Å². The van der Waals surface area contributed by atoms with Crippen molar-refractivity contribution in [2.75, 3.05) is 13.1 Å². The first-order valence-electron chi connectivity index (χ1n) is 7.52. The largest absolute Gasteiger partial charge is 0.426 e. The predicted octanol–water partition coefficient (Wildman–Crippen LogP) is 3.32. The fraction of sp³-hybridized carbons (Fsp3) is 0.353. The molecule has 1 N–H and O–H groups in total. The molecule has 0 bridgehead atoms. The van der Waals surface area contributed by atoms with Gasteiger partial charge in [-0.15, -0.1) is 12.4 Å². The summed E-state index contributed by atoms with van der Waals surface area (Å²) in [5, 5.41) is 3.36. The molecule has 2 aromatic rings. The van der Waals surface area contributed by atoms with Crippen LogP contribution in [0.5, 0.6) is 11.7 Å². The Labute approximate surface area is 142 Å². The van der Waals surface area contributed by atoms with Crippen molar-refractivity contribution in [3.05, 3.63) is 48.2 Å². The number of para-hydroxylation sites is 1. The van der Waals surface area contributed by atoms with Gasteiger partial charge in [-0.25, -0.2) is 0 Å². The molecule has 23 heavy (non-hydrogen) atoms. The number of carbonyl (C=O) groups excluding carboxylic acids is 1. The second kappa shape index (κ2) is 7.53. The second-order valence-electron chi connectivity index (χ2n) is 5.52. The van der Waals surface area contributed by atoms with Gasteiger partial charge >= 0.3 is 0 Å². The van der Waals surface area contributed by atoms with Crippen molar-refractivity contribution >= 4 is 18.3 Å². The van der Waals surface area contributed by atoms with Gasteiger partial charge < -0.3 is 19.4 Å². The monoisotopic (exact) mass is 336 g/mol. The van der Waals surface area contributed by atoms with E-state index in [0.29, 0.717) is 24.0 Å². The molecule has 2 atom stereocenters. The molecule has 2 heterocycles. The third-order valence-electron chi connectivity index (χ3n) is 4.05. The first-order chi connectivity index (χ1) is 10.6. The van der Waals surface area contributed by atoms with E-state index in [2.05, 4.69) is 12.2 Å². The molecule has 1 saturated heterocycles. The van der Waals surface area contributed by atoms with E-state index >= 15 is 0 Å². The Bertz CT molecular complexity index is 644. The molecule has 6 heteroatoms. The summed E-state index contributed by atoms with van der Waals surface area (Å²) in [6, 6.07) is 13.1. The first kappa shape index (κ1) is 17.4. The zero-order valence-electron chi connectivity index (χ0n) is 13.2. The normalized spacial score (nSPS) is 20.7. The van der Waals surface area contributed by atoms with Crippen LogP contribution in [-0.4, -0.2) is 36.0 Å². The Hall–Kier alpha value is -1.98. The van der Waals surface area contributed by atoms with E-state index in [4.69, 9.17) is 9.15 Å². The van der Waals surface area contributed by atoms with Crippen LogP contribution in [0.25, 0.3) is 0 Å². The minimum atomic E-state index is -0.0937. The van der Waals surface area contributed by atoms with Gasteiger partial charge in [0.1, 0.15) is 5.75 Å². The van der Waals surface area contributed by atoms with Gasteiger partial charge in [0.25, 0.3) is 11.9 Å². The Kier molecular flexibility index (Phi) is 5.69. The van der Waals surface area contributed by atoms with Gasteiger partial charge in [0.15, 0.2) is 5.76 Å². The van der Waals surface area contributed by atoms with E-state index in [1.165, 1.54) is 0 Å². The number of amides is 1. The molecule has 3 rings (SSSR count). The van der Waals surface area contributed by atoms with Crippen molar-refractivity contribution in [1.82, 2.24) is 10.2 Å². The van der Waals surface area contributed by atoms with Crippen LogP contribution in [-0.2, 0) is 0 Å². The number of furan rings is 1. The molecule has 0 spiro atoms. The topological polar surface area (TPSA) is 54.7 Å². The van der Waals surface area contributed by atoms with Crippen LogP contribution in [0.1, 0.15) is 24.4 Å². The fourth-order valence-corrected chi connectivity index (χ4v) is 2.58. The number of benzene rings is 1. The van der Waals surface area contributed by atoms with Gasteiger partial charge in [0.2, 0.25) is 0 Å². The zero-order chi connectivity index (χ0) is 15.5. The van der Waals surface area contributed by atoms with Crippen LogP contribution in [0.15, 0.2) is 46.9 Å². The number of carbonyl (C=O) groups is 1. The number of hydrogen-bond acceptors (Lipinski definition) is 4. The van der Waals surface area contributed by atoms with Gasteiger partial charge in [-0.3, -0.25) is 4.79 Å². The Balaban J connectivity index is 0.00000192. The first-order valence-corrected chi connectivity index (χ1v) is 7.52. The summed E-state index contributed by atoms with van der Waals surface area (Å²) in [5.74, 6) is 1.22. The summed E-state index contributed by atoms with van der Waals surface area (Å²) in [7, 11) is 0. The van der Waals surface area contributed by atoms with Gasteiger partial charge in [-0.05, 0) is 32.0 Å². The SMILES string of the molecule is CC1NCCN(C(=O)c2ccc(Oc3ccccc3)o2)C1C.Cl. The molecular formula is C17H21ClN2O3. The summed E-state index contributed by atoms with van der Waals surface area (Å²) in [6.07, 6.45) is 0. The van der Waals surface area contributed by atoms with Gasteiger partial charge in [-0.1, -0.05) is 18.2 Å². The van der Waals surface area contributed by atoms with Crippen LogP contribution in [0.2, 0.25) is 0 Å². The molecule has 1 fully saturated rings. The Morgan fingerprint density at radius 3 is 2.70 bits per heavy atom. The molecule has 1 aliphatic heterocycles. The highest BCUT2D eigenvalue weighted by Crippen LogP contribution is 2.25. The number of halogens is 1. The second-order valence-corrected chi connectivity index (χ2v) is 5.52. The van der Waals surface area contributed by atoms with Crippen LogP contribution >= 0.6 is 12.4 Å². The smallest absolute Gasteiger partial charge is 0.290 e. The summed E-state index contributed by atoms with van der Waals surface area (Å²) in [4.78, 5) is 14.4. The molecule has 2 unspecified atom stereocenters. The van der Waals surface area contributed by atoms with E-state index < -0.39 is 0 Å². The van der Waals surface area contributed by atoms with Crippen LogP contribution in [0.3, 0.4) is 0 Å². The molecule has 1 aliphatic rings. The molecular weight excluding hydrogens is 316 g/mol. The highest BCUT2D eigenvalue weighted by molar-refractivity contribution is 5.92. The predicted molar refractivity (Wildman–Crippen MR) is 90.4 cm³/mol. The summed E-state index contributed by atoms with van der Waals surface area (Å²) in [5.41, 5.74) is 0. The highest BCUT2D eigenvalue weighted by atomic mass is 35.5. The number of nitrogens with zero attached hydrogens (tertiary/aromatic N) is 1. The van der Waals surface area contributed by atoms with Crippen molar-refractivity contribution in [1.29, 1.82) is 0 Å². The third-order valence-corrected chi connectivity index (χ3v) is 4.05. The van der Waals surface area contributed by atoms with E-state index in [1.807, 2.05) is 42.2 Å². The summed E-state index contributed by atoms with van der Waals surface area (Å²) in [6.45, 7) is 5.60. The van der Waals surface area contributed by atoms with Crippen molar-refractivity contribution in [2.45, 2.75) is 25.9 Å². The summed E-state index contributed by atoms with van der Waals surface area (Å²) >= 11 is 0. The lowest BCUT2D eigenvalue weighted by Gasteiger charge is -2.38. The lowest BCUT2D eigenvalue weighted by molar-refractivity contribution is 0.0566. The number of piperazine rings is 1. The molecule has 0 radical (unpaired) electrons. The zero-order valence-corrected chi connectivity index (χ0v) is 14.0. The fourth-order valence-electron chi connectivity index (χ4n) is 2.58. The molecule has 1 amide bonds. The van der Waals surface area contributed by atoms with E-state index in [0.717, 1.165) is 6.54 Å². The number of hydrogen-bond donors (Lipinski definition) is 1. The molecule has 124 valence electrons.